The van der Waals surface area contributed by atoms with Crippen molar-refractivity contribution in [3.63, 3.8) is 0 Å². The largest absolute Gasteiger partial charge is 0.377 e. The van der Waals surface area contributed by atoms with Crippen LogP contribution in [0.1, 0.15) is 31.1 Å². The number of pyridine rings is 1. The zero-order valence-electron chi connectivity index (χ0n) is 9.03. The fraction of sp³-hybridized carbons (Fsp3) is 0.545. The zero-order valence-corrected chi connectivity index (χ0v) is 9.03. The van der Waals surface area contributed by atoms with E-state index in [-0.39, 0.29) is 12.1 Å². The molecule has 0 bridgehead atoms. The number of aromatic nitrogens is 1. The fourth-order valence-electron chi connectivity index (χ4n) is 1.09. The number of hydrogen-bond acceptors (Lipinski definition) is 3. The molecule has 0 fully saturated rings. The summed E-state index contributed by atoms with van der Waals surface area (Å²) in [5.41, 5.74) is 7.96. The van der Waals surface area contributed by atoms with Crippen molar-refractivity contribution in [2.45, 2.75) is 32.9 Å². The van der Waals surface area contributed by atoms with Crippen molar-refractivity contribution in [2.24, 2.45) is 5.73 Å². The number of nitrogens with zero attached hydrogens (tertiary/aromatic N) is 1. The van der Waals surface area contributed by atoms with Gasteiger partial charge in [0.25, 0.3) is 0 Å². The first kappa shape index (κ1) is 11.1. The van der Waals surface area contributed by atoms with Crippen LogP contribution in [0.3, 0.4) is 0 Å². The molecule has 14 heavy (non-hydrogen) atoms. The Balaban J connectivity index is 2.52. The molecule has 1 rings (SSSR count). The van der Waals surface area contributed by atoms with Gasteiger partial charge in [-0.1, -0.05) is 6.07 Å². The lowest BCUT2D eigenvalue weighted by Crippen LogP contribution is -2.19. The number of aryl methyl sites for hydroxylation is 1. The summed E-state index contributed by atoms with van der Waals surface area (Å²) in [5, 5.41) is 0. The standard InChI is InChI=1S/C11H18N2O/c1-8(2)14-7-11(12)10-5-4-9(3)13-6-10/h4-6,8,11H,7,12H2,1-3H3. The van der Waals surface area contributed by atoms with Crippen LogP contribution in [0.5, 0.6) is 0 Å². The Morgan fingerprint density at radius 2 is 2.14 bits per heavy atom. The Morgan fingerprint density at radius 1 is 1.43 bits per heavy atom. The Bertz CT molecular complexity index is 269. The second-order valence-corrected chi connectivity index (χ2v) is 3.72. The van der Waals surface area contributed by atoms with Crippen LogP contribution in [0.4, 0.5) is 0 Å². The minimum Gasteiger partial charge on any atom is -0.377 e. The predicted molar refractivity (Wildman–Crippen MR) is 57.0 cm³/mol. The maximum absolute atomic E-state index is 5.93. The maximum atomic E-state index is 5.93. The van der Waals surface area contributed by atoms with Crippen LogP contribution in [0.15, 0.2) is 18.3 Å². The third kappa shape index (κ3) is 3.44. The van der Waals surface area contributed by atoms with Gasteiger partial charge in [0, 0.05) is 11.9 Å². The Hall–Kier alpha value is -0.930. The minimum atomic E-state index is -0.0782. The van der Waals surface area contributed by atoms with Gasteiger partial charge in [-0.2, -0.15) is 0 Å². The van der Waals surface area contributed by atoms with E-state index in [9.17, 15) is 0 Å². The lowest BCUT2D eigenvalue weighted by molar-refractivity contribution is 0.0682. The van der Waals surface area contributed by atoms with Gasteiger partial charge in [0.05, 0.1) is 18.8 Å². The van der Waals surface area contributed by atoms with Gasteiger partial charge in [0.15, 0.2) is 0 Å². The SMILES string of the molecule is Cc1ccc(C(N)COC(C)C)cn1. The quantitative estimate of drug-likeness (QED) is 0.795. The van der Waals surface area contributed by atoms with Gasteiger partial charge < -0.3 is 10.5 Å². The zero-order chi connectivity index (χ0) is 10.6. The van der Waals surface area contributed by atoms with Gasteiger partial charge in [0.1, 0.15) is 0 Å². The van der Waals surface area contributed by atoms with Gasteiger partial charge in [-0.3, -0.25) is 4.98 Å². The second-order valence-electron chi connectivity index (χ2n) is 3.72. The average molecular weight is 194 g/mol. The van der Waals surface area contributed by atoms with Crippen LogP contribution < -0.4 is 5.73 Å². The second kappa shape index (κ2) is 5.08. The molecule has 0 aliphatic carbocycles. The van der Waals surface area contributed by atoms with E-state index in [0.717, 1.165) is 11.3 Å². The van der Waals surface area contributed by atoms with E-state index in [1.54, 1.807) is 0 Å². The molecule has 2 N–H and O–H groups in total. The summed E-state index contributed by atoms with van der Waals surface area (Å²) in [5.74, 6) is 0. The van der Waals surface area contributed by atoms with Crippen molar-refractivity contribution in [1.29, 1.82) is 0 Å². The molecule has 0 aliphatic heterocycles. The van der Waals surface area contributed by atoms with Crippen molar-refractivity contribution in [3.05, 3.63) is 29.6 Å². The third-order valence-electron chi connectivity index (χ3n) is 1.97. The maximum Gasteiger partial charge on any atom is 0.0663 e. The Morgan fingerprint density at radius 3 is 2.64 bits per heavy atom. The van der Waals surface area contributed by atoms with Crippen LogP contribution in [-0.2, 0) is 4.74 Å². The molecule has 0 saturated carbocycles. The van der Waals surface area contributed by atoms with Crippen molar-refractivity contribution in [3.8, 4) is 0 Å². The van der Waals surface area contributed by atoms with Crippen molar-refractivity contribution in [1.82, 2.24) is 4.98 Å². The topological polar surface area (TPSA) is 48.1 Å². The highest BCUT2D eigenvalue weighted by atomic mass is 16.5. The lowest BCUT2D eigenvalue weighted by Gasteiger charge is -2.14. The first-order valence-corrected chi connectivity index (χ1v) is 4.89. The van der Waals surface area contributed by atoms with Crippen molar-refractivity contribution in [2.75, 3.05) is 6.61 Å². The van der Waals surface area contributed by atoms with E-state index in [2.05, 4.69) is 4.98 Å². The lowest BCUT2D eigenvalue weighted by atomic mass is 10.1. The highest BCUT2D eigenvalue weighted by Gasteiger charge is 2.06. The van der Waals surface area contributed by atoms with Crippen LogP contribution in [0, 0.1) is 6.92 Å². The molecule has 0 amide bonds. The summed E-state index contributed by atoms with van der Waals surface area (Å²) < 4.78 is 5.44. The summed E-state index contributed by atoms with van der Waals surface area (Å²) in [7, 11) is 0. The first-order valence-electron chi connectivity index (χ1n) is 4.89. The summed E-state index contributed by atoms with van der Waals surface area (Å²) in [6, 6.07) is 3.88. The van der Waals surface area contributed by atoms with E-state index in [0.29, 0.717) is 6.61 Å². The third-order valence-corrected chi connectivity index (χ3v) is 1.97. The van der Waals surface area contributed by atoms with Crippen LogP contribution in [0.25, 0.3) is 0 Å². The smallest absolute Gasteiger partial charge is 0.0663 e. The predicted octanol–water partition coefficient (Wildman–Crippen LogP) is 1.81. The molecule has 1 heterocycles. The van der Waals surface area contributed by atoms with Gasteiger partial charge in [-0.05, 0) is 32.4 Å². The molecule has 0 saturated heterocycles. The Labute approximate surface area is 85.3 Å². The fourth-order valence-corrected chi connectivity index (χ4v) is 1.09. The number of rotatable bonds is 4. The first-order chi connectivity index (χ1) is 6.59. The molecular formula is C11H18N2O. The van der Waals surface area contributed by atoms with Crippen LogP contribution in [-0.4, -0.2) is 17.7 Å². The van der Waals surface area contributed by atoms with Gasteiger partial charge >= 0.3 is 0 Å². The molecule has 1 aromatic heterocycles. The molecule has 1 atom stereocenters. The summed E-state index contributed by atoms with van der Waals surface area (Å²) >= 11 is 0. The normalized spacial score (nSPS) is 13.2. The molecule has 0 aromatic carbocycles. The minimum absolute atomic E-state index is 0.0782. The highest BCUT2D eigenvalue weighted by molar-refractivity contribution is 5.16. The monoisotopic (exact) mass is 194 g/mol. The molecule has 1 aromatic rings. The summed E-state index contributed by atoms with van der Waals surface area (Å²) in [6.07, 6.45) is 2.03. The molecule has 0 radical (unpaired) electrons. The van der Waals surface area contributed by atoms with E-state index < -0.39 is 0 Å². The summed E-state index contributed by atoms with van der Waals surface area (Å²) in [4.78, 5) is 4.19. The average Bonchev–Trinajstić information content (AvgIpc) is 2.15. The van der Waals surface area contributed by atoms with Crippen molar-refractivity contribution < 1.29 is 4.74 Å². The molecular weight excluding hydrogens is 176 g/mol. The highest BCUT2D eigenvalue weighted by Crippen LogP contribution is 2.10. The molecule has 3 nitrogen and oxygen atoms in total. The van der Waals surface area contributed by atoms with Gasteiger partial charge in [-0.25, -0.2) is 0 Å². The number of hydrogen-bond donors (Lipinski definition) is 1. The van der Waals surface area contributed by atoms with Crippen LogP contribution in [0.2, 0.25) is 0 Å². The van der Waals surface area contributed by atoms with Crippen molar-refractivity contribution >= 4 is 0 Å². The number of ether oxygens (including phenoxy) is 1. The van der Waals surface area contributed by atoms with Gasteiger partial charge in [-0.15, -0.1) is 0 Å². The Kier molecular flexibility index (Phi) is 4.04. The van der Waals surface area contributed by atoms with E-state index in [1.165, 1.54) is 0 Å². The summed E-state index contributed by atoms with van der Waals surface area (Å²) in [6.45, 7) is 6.50. The molecule has 78 valence electrons. The molecule has 1 unspecified atom stereocenters. The number of nitrogens with two attached hydrogens (primary N) is 1. The molecule has 0 aliphatic rings. The van der Waals surface area contributed by atoms with Gasteiger partial charge in [0.2, 0.25) is 0 Å². The van der Waals surface area contributed by atoms with Crippen LogP contribution >= 0.6 is 0 Å². The van der Waals surface area contributed by atoms with E-state index in [4.69, 9.17) is 10.5 Å². The molecule has 0 spiro atoms. The van der Waals surface area contributed by atoms with E-state index in [1.807, 2.05) is 39.1 Å². The van der Waals surface area contributed by atoms with E-state index >= 15 is 0 Å². The molecule has 3 heteroatoms.